The second-order valence-electron chi connectivity index (χ2n) is 9.97. The van der Waals surface area contributed by atoms with E-state index in [0.717, 1.165) is 60.3 Å². The molecule has 0 amide bonds. The van der Waals surface area contributed by atoms with Crippen molar-refractivity contribution < 1.29 is 0 Å². The van der Waals surface area contributed by atoms with E-state index >= 15 is 0 Å². The van der Waals surface area contributed by atoms with Gasteiger partial charge in [-0.1, -0.05) is 122 Å². The number of hydrogen-bond acceptors (Lipinski definition) is 6. The molecule has 2 aromatic carbocycles. The van der Waals surface area contributed by atoms with Crippen molar-refractivity contribution in [1.29, 1.82) is 0 Å². The zero-order valence-electron chi connectivity index (χ0n) is 32.5. The molecule has 0 aliphatic heterocycles. The van der Waals surface area contributed by atoms with Crippen LogP contribution in [0, 0.1) is 0 Å². The number of fused-ring (bicyclic) bond motifs is 2. The van der Waals surface area contributed by atoms with Crippen molar-refractivity contribution in [2.45, 2.75) is 55.4 Å². The van der Waals surface area contributed by atoms with Gasteiger partial charge in [0.1, 0.15) is 11.4 Å². The molecule has 0 saturated heterocycles. The number of aromatic nitrogens is 6. The minimum atomic E-state index is 0.977. The first-order valence-corrected chi connectivity index (χ1v) is 19.5. The Hall–Kier alpha value is -5.19. The largest absolute Gasteiger partial charge is 0.265 e. The van der Waals surface area contributed by atoms with Crippen LogP contribution in [0.5, 0.6) is 0 Å². The summed E-state index contributed by atoms with van der Waals surface area (Å²) in [5, 5.41) is 9.54. The van der Waals surface area contributed by atoms with Gasteiger partial charge in [-0.3, -0.25) is 9.97 Å². The van der Waals surface area contributed by atoms with Gasteiger partial charge in [0.05, 0.1) is 11.0 Å². The predicted molar refractivity (Wildman–Crippen MR) is 238 cm³/mol. The van der Waals surface area contributed by atoms with Crippen LogP contribution in [-0.2, 0) is 0 Å². The summed E-state index contributed by atoms with van der Waals surface area (Å²) in [6, 6.07) is 38.9. The summed E-state index contributed by atoms with van der Waals surface area (Å²) < 4.78 is 7.55. The van der Waals surface area contributed by atoms with Crippen LogP contribution in [0.1, 0.15) is 55.4 Å². The van der Waals surface area contributed by atoms with Crippen LogP contribution in [-0.4, -0.2) is 36.8 Å². The topological polar surface area (TPSA) is 72.7 Å². The molecule has 0 aliphatic rings. The van der Waals surface area contributed by atoms with Crippen molar-refractivity contribution >= 4 is 47.4 Å². The van der Waals surface area contributed by atoms with Crippen LogP contribution in [0.25, 0.3) is 55.8 Å². The Morgan fingerprint density at radius 1 is 0.500 bits per heavy atom. The minimum absolute atomic E-state index is 0.977. The van der Waals surface area contributed by atoms with Crippen LogP contribution in [0.15, 0.2) is 161 Å². The van der Waals surface area contributed by atoms with Gasteiger partial charge in [-0.2, -0.15) is 10.2 Å². The van der Waals surface area contributed by atoms with Gasteiger partial charge in [-0.15, -0.1) is 0 Å². The Morgan fingerprint density at radius 2 is 0.889 bits per heavy atom. The number of halogens is 1. The van der Waals surface area contributed by atoms with Crippen LogP contribution in [0.2, 0.25) is 0 Å². The number of hydrogen-bond donors (Lipinski definition) is 1. The van der Waals surface area contributed by atoms with Crippen molar-refractivity contribution in [3.63, 3.8) is 0 Å². The van der Waals surface area contributed by atoms with Crippen LogP contribution in [0.4, 0.5) is 0 Å². The van der Waals surface area contributed by atoms with Crippen LogP contribution in [0.3, 0.4) is 0 Å². The summed E-state index contributed by atoms with van der Waals surface area (Å²) in [5.41, 5.74) is 10.9. The third kappa shape index (κ3) is 11.9. The molecule has 6 aromatic heterocycles. The van der Waals surface area contributed by atoms with Gasteiger partial charge in [-0.05, 0) is 75.6 Å². The van der Waals surface area contributed by atoms with E-state index < -0.39 is 0 Å². The van der Waals surface area contributed by atoms with Gasteiger partial charge in [0, 0.05) is 63.9 Å². The molecule has 0 spiro atoms. The third-order valence-corrected chi connectivity index (χ3v) is 7.64. The molecule has 0 bridgehead atoms. The quantitative estimate of drug-likeness (QED) is 0.142. The maximum absolute atomic E-state index is 4.79. The van der Waals surface area contributed by atoms with Crippen molar-refractivity contribution in [3.05, 3.63) is 157 Å². The molecular weight excluding hydrogens is 749 g/mol. The Labute approximate surface area is 336 Å². The normalized spacial score (nSPS) is 9.35. The number of rotatable bonds is 4. The van der Waals surface area contributed by atoms with Crippen molar-refractivity contribution in [2.75, 3.05) is 0 Å². The van der Waals surface area contributed by atoms with E-state index in [-0.39, 0.29) is 0 Å². The molecule has 0 saturated carbocycles. The van der Waals surface area contributed by atoms with E-state index in [1.54, 1.807) is 0 Å². The van der Waals surface area contributed by atoms with Gasteiger partial charge in [0.15, 0.2) is 0 Å². The molecule has 6 heterocycles. The fraction of sp³-hybridized carbons (Fsp3) is 0.182. The fourth-order valence-electron chi connectivity index (χ4n) is 5.23. The number of pyridine rings is 4. The maximum atomic E-state index is 4.79. The number of thiol groups is 1. The van der Waals surface area contributed by atoms with E-state index in [1.165, 1.54) is 0 Å². The number of nitrogens with zero attached hydrogens (tertiary/aromatic N) is 7. The Balaban J connectivity index is 0.000000298. The van der Waals surface area contributed by atoms with E-state index in [4.69, 9.17) is 10.2 Å². The standard InChI is InChI=1S/C18H12BrN3.C18H13N3.4C2H6.BHNS/c19-15-6-7-16-17(13-8-10-20-11-9-13)18(21-22(16)12-15)14-4-2-1-3-5-14;1-2-6-15(7-3-1)18-17(14-9-11-19-12-10-14)16-8-4-5-13-21(16)20-18;4*1-2;1-2-3/h1-12H;1-13H;4*1-2H3;3H. The molecule has 0 unspecified atom stereocenters. The third-order valence-electron chi connectivity index (χ3n) is 7.17. The first kappa shape index (κ1) is 45.0. The fourth-order valence-corrected chi connectivity index (χ4v) is 5.55. The summed E-state index contributed by atoms with van der Waals surface area (Å²) in [7, 11) is 4.34. The van der Waals surface area contributed by atoms with E-state index in [2.05, 4.69) is 87.1 Å². The van der Waals surface area contributed by atoms with E-state index in [1.807, 2.05) is 180 Å². The van der Waals surface area contributed by atoms with E-state index in [9.17, 15) is 0 Å². The summed E-state index contributed by atoms with van der Waals surface area (Å²) in [5.74, 6) is 0. The molecule has 0 atom stereocenters. The molecular formula is C44H50BBrN7S. The molecule has 277 valence electrons. The van der Waals surface area contributed by atoms with Gasteiger partial charge < -0.3 is 0 Å². The molecule has 0 N–H and O–H groups in total. The molecule has 10 heteroatoms. The van der Waals surface area contributed by atoms with Crippen molar-refractivity contribution in [3.8, 4) is 44.8 Å². The molecule has 7 nitrogen and oxygen atoms in total. The molecule has 54 heavy (non-hydrogen) atoms. The average molecular weight is 800 g/mol. The average Bonchev–Trinajstić information content (AvgIpc) is 3.85. The maximum Gasteiger partial charge on any atom is 0.101 e. The van der Waals surface area contributed by atoms with Crippen molar-refractivity contribution in [2.24, 2.45) is 4.30 Å². The summed E-state index contributed by atoms with van der Waals surface area (Å²) in [4.78, 5) is 8.23. The molecule has 8 aromatic rings. The second-order valence-corrected chi connectivity index (χ2v) is 11.1. The monoisotopic (exact) mass is 798 g/mol. The molecule has 8 rings (SSSR count). The number of benzene rings is 2. The van der Waals surface area contributed by atoms with Gasteiger partial charge in [0.25, 0.3) is 0 Å². The van der Waals surface area contributed by atoms with Crippen molar-refractivity contribution in [1.82, 2.24) is 29.2 Å². The van der Waals surface area contributed by atoms with Gasteiger partial charge in [0.2, 0.25) is 0 Å². The Bertz CT molecular complexity index is 2190. The molecule has 0 aliphatic carbocycles. The summed E-state index contributed by atoms with van der Waals surface area (Å²) >= 11 is 6.70. The zero-order valence-corrected chi connectivity index (χ0v) is 34.9. The minimum Gasteiger partial charge on any atom is -0.265 e. The SMILES string of the molecule is Brc1ccc2c(-c3ccncc3)c(-c3ccccc3)nn2c1.CC.CC.CC.CC.[B]=NS.c1ccc(-c2nn3ccccc3c2-c2ccncc2)cc1. The van der Waals surface area contributed by atoms with Crippen LogP contribution < -0.4 is 0 Å². The summed E-state index contributed by atoms with van der Waals surface area (Å²) in [6.45, 7) is 16.0. The van der Waals surface area contributed by atoms with Gasteiger partial charge >= 0.3 is 24.8 Å². The van der Waals surface area contributed by atoms with Gasteiger partial charge in [-0.25, -0.2) is 9.03 Å². The van der Waals surface area contributed by atoms with Crippen LogP contribution >= 0.6 is 28.7 Å². The summed E-state index contributed by atoms with van der Waals surface area (Å²) in [6.07, 6.45) is 11.2. The van der Waals surface area contributed by atoms with E-state index in [0.29, 0.717) is 0 Å². The smallest absolute Gasteiger partial charge is 0.101 e. The first-order valence-electron chi connectivity index (χ1n) is 18.3. The Morgan fingerprint density at radius 3 is 1.33 bits per heavy atom. The first-order chi connectivity index (χ1) is 26.7. The Kier molecular flexibility index (Phi) is 21.4. The second kappa shape index (κ2) is 25.7. The molecule has 0 fully saturated rings. The molecule has 1 radical (unpaired) electrons. The predicted octanol–water partition coefficient (Wildman–Crippen LogP) is 13.2. The zero-order chi connectivity index (χ0) is 39.7.